The summed E-state index contributed by atoms with van der Waals surface area (Å²) >= 11 is 0. The van der Waals surface area contributed by atoms with Gasteiger partial charge in [0.15, 0.2) is 0 Å². The summed E-state index contributed by atoms with van der Waals surface area (Å²) in [6.45, 7) is 4.21. The molecule has 0 aromatic heterocycles. The van der Waals surface area contributed by atoms with Gasteiger partial charge in [-0.25, -0.2) is 0 Å². The predicted octanol–water partition coefficient (Wildman–Crippen LogP) is 1.27. The third-order valence-electron chi connectivity index (χ3n) is 1.52. The minimum atomic E-state index is -0.264. The molecule has 0 bridgehead atoms. The van der Waals surface area contributed by atoms with Crippen LogP contribution in [-0.4, -0.2) is 6.04 Å². The fourth-order valence-corrected chi connectivity index (χ4v) is 0.653. The van der Waals surface area contributed by atoms with Gasteiger partial charge in [0.1, 0.15) is 0 Å². The average Bonchev–Trinajstić information content (AvgIpc) is 1.87. The first-order chi connectivity index (χ1) is 4.20. The first-order valence-electron chi connectivity index (χ1n) is 3.35. The molecule has 0 fully saturated rings. The van der Waals surface area contributed by atoms with Gasteiger partial charge in [0.05, 0.1) is 12.1 Å². The molecule has 9 heavy (non-hydrogen) atoms. The van der Waals surface area contributed by atoms with Crippen LogP contribution in [-0.2, 0) is 0 Å². The molecule has 0 aromatic rings. The molecular formula is C7H14N2. The molecule has 2 atom stereocenters. The molecule has 0 heterocycles. The van der Waals surface area contributed by atoms with E-state index in [0.29, 0.717) is 5.92 Å². The van der Waals surface area contributed by atoms with Gasteiger partial charge in [-0.2, -0.15) is 5.26 Å². The van der Waals surface area contributed by atoms with Gasteiger partial charge in [0.25, 0.3) is 0 Å². The van der Waals surface area contributed by atoms with Crippen LogP contribution < -0.4 is 5.73 Å². The summed E-state index contributed by atoms with van der Waals surface area (Å²) in [6.07, 6.45) is 1.93. The molecule has 0 aliphatic heterocycles. The van der Waals surface area contributed by atoms with Gasteiger partial charge < -0.3 is 5.73 Å². The molecule has 2 heteroatoms. The molecule has 0 aliphatic rings. The van der Waals surface area contributed by atoms with Crippen molar-refractivity contribution in [1.29, 1.82) is 5.26 Å². The lowest BCUT2D eigenvalue weighted by Gasteiger charge is -2.07. The van der Waals surface area contributed by atoms with Crippen LogP contribution in [0.1, 0.15) is 26.7 Å². The molecule has 2 nitrogen and oxygen atoms in total. The minimum absolute atomic E-state index is 0.264. The first-order valence-corrected chi connectivity index (χ1v) is 3.35. The standard InChI is InChI=1S/C7H14N2/c1-3-6(2)4-7(9)5-8/h6-7H,3-4,9H2,1-2H3/t6-,7-/m0/s1. The monoisotopic (exact) mass is 126 g/mol. The lowest BCUT2D eigenvalue weighted by Crippen LogP contribution is -2.19. The predicted molar refractivity (Wildman–Crippen MR) is 37.7 cm³/mol. The van der Waals surface area contributed by atoms with Gasteiger partial charge >= 0.3 is 0 Å². The van der Waals surface area contributed by atoms with Crippen LogP contribution in [0.5, 0.6) is 0 Å². The quantitative estimate of drug-likeness (QED) is 0.619. The van der Waals surface area contributed by atoms with E-state index in [1.165, 1.54) is 0 Å². The summed E-state index contributed by atoms with van der Waals surface area (Å²) in [5.41, 5.74) is 5.39. The third kappa shape index (κ3) is 3.99. The summed E-state index contributed by atoms with van der Waals surface area (Å²) in [5.74, 6) is 0.583. The number of hydrogen-bond donors (Lipinski definition) is 1. The van der Waals surface area contributed by atoms with Gasteiger partial charge in [0, 0.05) is 0 Å². The number of nitrogens with two attached hydrogens (primary N) is 1. The van der Waals surface area contributed by atoms with E-state index in [2.05, 4.69) is 13.8 Å². The molecule has 2 N–H and O–H groups in total. The highest BCUT2D eigenvalue weighted by Crippen LogP contribution is 2.07. The Bertz CT molecular complexity index is 104. The molecule has 0 saturated heterocycles. The van der Waals surface area contributed by atoms with E-state index in [9.17, 15) is 0 Å². The van der Waals surface area contributed by atoms with Crippen molar-refractivity contribution >= 4 is 0 Å². The molecule has 0 unspecified atom stereocenters. The van der Waals surface area contributed by atoms with Crippen molar-refractivity contribution in [3.05, 3.63) is 0 Å². The van der Waals surface area contributed by atoms with Crippen LogP contribution >= 0.6 is 0 Å². The first kappa shape index (κ1) is 8.45. The summed E-state index contributed by atoms with van der Waals surface area (Å²) in [7, 11) is 0. The van der Waals surface area contributed by atoms with E-state index >= 15 is 0 Å². The molecule has 0 rings (SSSR count). The second-order valence-electron chi connectivity index (χ2n) is 2.48. The van der Waals surface area contributed by atoms with Crippen LogP contribution in [0.4, 0.5) is 0 Å². The Morgan fingerprint density at radius 3 is 2.56 bits per heavy atom. The van der Waals surface area contributed by atoms with Crippen molar-refractivity contribution in [1.82, 2.24) is 0 Å². The van der Waals surface area contributed by atoms with Gasteiger partial charge in [-0.1, -0.05) is 20.3 Å². The zero-order valence-corrected chi connectivity index (χ0v) is 6.09. The molecule has 0 aliphatic carbocycles. The van der Waals surface area contributed by atoms with Crippen molar-refractivity contribution in [2.24, 2.45) is 11.7 Å². The molecule has 52 valence electrons. The Morgan fingerprint density at radius 2 is 2.22 bits per heavy atom. The molecule has 0 spiro atoms. The fourth-order valence-electron chi connectivity index (χ4n) is 0.653. The number of nitrogens with zero attached hydrogens (tertiary/aromatic N) is 1. The van der Waals surface area contributed by atoms with Gasteiger partial charge in [-0.3, -0.25) is 0 Å². The highest BCUT2D eigenvalue weighted by Gasteiger charge is 2.04. The van der Waals surface area contributed by atoms with Crippen molar-refractivity contribution in [3.63, 3.8) is 0 Å². The Kier molecular flexibility index (Phi) is 4.08. The van der Waals surface area contributed by atoms with Crippen molar-refractivity contribution in [3.8, 4) is 6.07 Å². The highest BCUT2D eigenvalue weighted by atomic mass is 14.6. The lowest BCUT2D eigenvalue weighted by molar-refractivity contribution is 0.492. The summed E-state index contributed by atoms with van der Waals surface area (Å²) in [5, 5.41) is 8.30. The largest absolute Gasteiger partial charge is 0.316 e. The van der Waals surface area contributed by atoms with Crippen LogP contribution in [0.15, 0.2) is 0 Å². The van der Waals surface area contributed by atoms with Gasteiger partial charge in [-0.15, -0.1) is 0 Å². The van der Waals surface area contributed by atoms with Gasteiger partial charge in [0.2, 0.25) is 0 Å². The van der Waals surface area contributed by atoms with Crippen LogP contribution in [0, 0.1) is 17.2 Å². The number of hydrogen-bond acceptors (Lipinski definition) is 2. The lowest BCUT2D eigenvalue weighted by atomic mass is 10.0. The fraction of sp³-hybridized carbons (Fsp3) is 0.857. The smallest absolute Gasteiger partial charge is 0.0930 e. The topological polar surface area (TPSA) is 49.8 Å². The van der Waals surface area contributed by atoms with E-state index < -0.39 is 0 Å². The summed E-state index contributed by atoms with van der Waals surface area (Å²) in [6, 6.07) is 1.74. The zero-order chi connectivity index (χ0) is 7.28. The molecular weight excluding hydrogens is 112 g/mol. The Morgan fingerprint density at radius 1 is 1.67 bits per heavy atom. The maximum absolute atomic E-state index is 8.30. The van der Waals surface area contributed by atoms with E-state index in [-0.39, 0.29) is 6.04 Å². The van der Waals surface area contributed by atoms with Crippen LogP contribution in [0.2, 0.25) is 0 Å². The van der Waals surface area contributed by atoms with Crippen molar-refractivity contribution in [2.45, 2.75) is 32.7 Å². The normalized spacial score (nSPS) is 16.2. The van der Waals surface area contributed by atoms with E-state index in [1.54, 1.807) is 0 Å². The minimum Gasteiger partial charge on any atom is -0.316 e. The second kappa shape index (κ2) is 4.34. The average molecular weight is 126 g/mol. The van der Waals surface area contributed by atoms with Crippen LogP contribution in [0.25, 0.3) is 0 Å². The van der Waals surface area contributed by atoms with Crippen molar-refractivity contribution < 1.29 is 0 Å². The zero-order valence-electron chi connectivity index (χ0n) is 6.09. The second-order valence-corrected chi connectivity index (χ2v) is 2.48. The highest BCUT2D eigenvalue weighted by molar-refractivity contribution is 4.86. The Labute approximate surface area is 56.7 Å². The van der Waals surface area contributed by atoms with E-state index in [1.807, 2.05) is 6.07 Å². The maximum Gasteiger partial charge on any atom is 0.0930 e. The van der Waals surface area contributed by atoms with E-state index in [4.69, 9.17) is 11.0 Å². The molecule has 0 radical (unpaired) electrons. The Balaban J connectivity index is 3.37. The third-order valence-corrected chi connectivity index (χ3v) is 1.52. The number of rotatable bonds is 3. The summed E-state index contributed by atoms with van der Waals surface area (Å²) in [4.78, 5) is 0. The summed E-state index contributed by atoms with van der Waals surface area (Å²) < 4.78 is 0. The van der Waals surface area contributed by atoms with E-state index in [0.717, 1.165) is 12.8 Å². The maximum atomic E-state index is 8.30. The van der Waals surface area contributed by atoms with Crippen molar-refractivity contribution in [2.75, 3.05) is 0 Å². The van der Waals surface area contributed by atoms with Crippen LogP contribution in [0.3, 0.4) is 0 Å². The van der Waals surface area contributed by atoms with Gasteiger partial charge in [-0.05, 0) is 12.3 Å². The molecule has 0 saturated carbocycles. The number of nitriles is 1. The molecule has 0 amide bonds. The Hall–Kier alpha value is -0.550. The SMILES string of the molecule is CC[C@H](C)C[C@H](N)C#N. The molecule has 0 aromatic carbocycles.